The highest BCUT2D eigenvalue weighted by atomic mass is 32.1. The molecule has 0 radical (unpaired) electrons. The van der Waals surface area contributed by atoms with Gasteiger partial charge in [0.15, 0.2) is 0 Å². The average molecular weight is 267 g/mol. The van der Waals surface area contributed by atoms with E-state index in [4.69, 9.17) is 0 Å². The first kappa shape index (κ1) is 13.8. The largest absolute Gasteiger partial charge is 0.358 e. The van der Waals surface area contributed by atoms with Crippen molar-refractivity contribution in [1.29, 1.82) is 0 Å². The summed E-state index contributed by atoms with van der Waals surface area (Å²) in [5.74, 6) is 2.37. The summed E-state index contributed by atoms with van der Waals surface area (Å²) < 4.78 is 4.39. The van der Waals surface area contributed by atoms with Crippen molar-refractivity contribution in [2.24, 2.45) is 5.92 Å². The fourth-order valence-electron chi connectivity index (χ4n) is 2.71. The minimum Gasteiger partial charge on any atom is -0.358 e. The summed E-state index contributed by atoms with van der Waals surface area (Å²) in [7, 11) is 0. The highest BCUT2D eigenvalue weighted by Gasteiger charge is 2.21. The van der Waals surface area contributed by atoms with Crippen molar-refractivity contribution in [2.45, 2.75) is 71.3 Å². The quantitative estimate of drug-likeness (QED) is 0.857. The van der Waals surface area contributed by atoms with Gasteiger partial charge in [-0.3, -0.25) is 0 Å². The zero-order valence-corrected chi connectivity index (χ0v) is 12.6. The van der Waals surface area contributed by atoms with Crippen LogP contribution >= 0.6 is 11.5 Å². The summed E-state index contributed by atoms with van der Waals surface area (Å²) in [5, 5.41) is 4.58. The monoisotopic (exact) mass is 267 g/mol. The van der Waals surface area contributed by atoms with Crippen LogP contribution in [-0.4, -0.2) is 15.4 Å². The van der Waals surface area contributed by atoms with Gasteiger partial charge in [-0.25, -0.2) is 4.98 Å². The molecule has 0 aliphatic heterocycles. The number of anilines is 1. The number of aromatic nitrogens is 2. The van der Waals surface area contributed by atoms with Gasteiger partial charge in [0.05, 0.1) is 0 Å². The van der Waals surface area contributed by atoms with Gasteiger partial charge >= 0.3 is 0 Å². The standard InChI is InChI=1S/C14H25N3S/c1-4-5-11-6-8-12(9-7-11)15-14-16-13(10(2)3)17-18-14/h10-12H,4-9H2,1-3H3,(H,15,16,17). The first-order chi connectivity index (χ1) is 8.69. The normalized spacial score (nSPS) is 24.4. The van der Waals surface area contributed by atoms with E-state index in [0.717, 1.165) is 16.9 Å². The van der Waals surface area contributed by atoms with Gasteiger partial charge in [0.1, 0.15) is 5.82 Å². The molecular weight excluding hydrogens is 242 g/mol. The van der Waals surface area contributed by atoms with Crippen molar-refractivity contribution in [3.05, 3.63) is 5.82 Å². The second kappa shape index (κ2) is 6.50. The van der Waals surface area contributed by atoms with Gasteiger partial charge in [0.2, 0.25) is 5.13 Å². The van der Waals surface area contributed by atoms with Gasteiger partial charge in [0.25, 0.3) is 0 Å². The van der Waals surface area contributed by atoms with E-state index in [1.54, 1.807) is 0 Å². The molecule has 0 amide bonds. The SMILES string of the molecule is CCCC1CCC(Nc2nc(C(C)C)ns2)CC1. The Morgan fingerprint density at radius 3 is 2.56 bits per heavy atom. The van der Waals surface area contributed by atoms with Gasteiger partial charge in [-0.05, 0) is 31.6 Å². The molecule has 0 atom stereocenters. The van der Waals surface area contributed by atoms with Crippen molar-refractivity contribution < 1.29 is 0 Å². The van der Waals surface area contributed by atoms with Gasteiger partial charge in [-0.1, -0.05) is 33.6 Å². The lowest BCUT2D eigenvalue weighted by atomic mass is 9.83. The molecule has 0 saturated heterocycles. The average Bonchev–Trinajstić information content (AvgIpc) is 2.81. The van der Waals surface area contributed by atoms with Crippen molar-refractivity contribution in [3.8, 4) is 0 Å². The van der Waals surface area contributed by atoms with Crippen LogP contribution in [0, 0.1) is 5.92 Å². The van der Waals surface area contributed by atoms with Crippen LogP contribution in [0.2, 0.25) is 0 Å². The minimum absolute atomic E-state index is 0.428. The Bertz CT molecular complexity index is 354. The lowest BCUT2D eigenvalue weighted by Crippen LogP contribution is -2.26. The van der Waals surface area contributed by atoms with Gasteiger partial charge in [-0.2, -0.15) is 4.37 Å². The zero-order chi connectivity index (χ0) is 13.0. The van der Waals surface area contributed by atoms with E-state index in [2.05, 4.69) is 35.4 Å². The molecule has 0 bridgehead atoms. The van der Waals surface area contributed by atoms with Crippen LogP contribution in [0.1, 0.15) is 71.0 Å². The number of nitrogens with one attached hydrogen (secondary N) is 1. The van der Waals surface area contributed by atoms with Crippen LogP contribution in [0.3, 0.4) is 0 Å². The van der Waals surface area contributed by atoms with E-state index in [1.165, 1.54) is 50.1 Å². The van der Waals surface area contributed by atoms with Crippen LogP contribution in [0.4, 0.5) is 5.13 Å². The fourth-order valence-corrected chi connectivity index (χ4v) is 3.49. The molecule has 4 heteroatoms. The molecule has 1 aliphatic carbocycles. The minimum atomic E-state index is 0.428. The van der Waals surface area contributed by atoms with Gasteiger partial charge in [-0.15, -0.1) is 0 Å². The smallest absolute Gasteiger partial charge is 0.202 e. The number of hydrogen-bond acceptors (Lipinski definition) is 4. The summed E-state index contributed by atoms with van der Waals surface area (Å²) in [4.78, 5) is 4.56. The molecule has 1 aromatic heterocycles. The molecule has 3 nitrogen and oxygen atoms in total. The molecule has 0 spiro atoms. The van der Waals surface area contributed by atoms with Crippen LogP contribution in [-0.2, 0) is 0 Å². The summed E-state index contributed by atoms with van der Waals surface area (Å²) in [5.41, 5.74) is 0. The summed E-state index contributed by atoms with van der Waals surface area (Å²) in [6.07, 6.45) is 8.07. The summed E-state index contributed by atoms with van der Waals surface area (Å²) in [6, 6.07) is 0.617. The van der Waals surface area contributed by atoms with E-state index in [0.29, 0.717) is 12.0 Å². The lowest BCUT2D eigenvalue weighted by Gasteiger charge is -2.28. The molecule has 0 unspecified atom stereocenters. The van der Waals surface area contributed by atoms with Gasteiger partial charge < -0.3 is 5.32 Å². The molecule has 1 aromatic rings. The Hall–Kier alpha value is -0.640. The van der Waals surface area contributed by atoms with Gasteiger partial charge in [0, 0.05) is 23.5 Å². The maximum Gasteiger partial charge on any atom is 0.202 e. The molecule has 1 aliphatic rings. The van der Waals surface area contributed by atoms with Crippen LogP contribution in [0.5, 0.6) is 0 Å². The molecule has 102 valence electrons. The molecule has 0 aromatic carbocycles. The Balaban J connectivity index is 1.80. The second-order valence-corrected chi connectivity index (χ2v) is 6.51. The third kappa shape index (κ3) is 3.67. The summed E-state index contributed by atoms with van der Waals surface area (Å²) in [6.45, 7) is 6.57. The molecule has 2 rings (SSSR count). The predicted molar refractivity (Wildman–Crippen MR) is 78.3 cm³/mol. The Morgan fingerprint density at radius 2 is 2.00 bits per heavy atom. The van der Waals surface area contributed by atoms with Crippen molar-refractivity contribution >= 4 is 16.7 Å². The first-order valence-electron chi connectivity index (χ1n) is 7.29. The lowest BCUT2D eigenvalue weighted by molar-refractivity contribution is 0.319. The molecule has 18 heavy (non-hydrogen) atoms. The third-order valence-corrected chi connectivity index (χ3v) is 4.49. The maximum atomic E-state index is 4.56. The Labute approximate surface area is 115 Å². The number of rotatable bonds is 5. The predicted octanol–water partition coefficient (Wildman–Crippen LogP) is 4.43. The van der Waals surface area contributed by atoms with Crippen molar-refractivity contribution in [1.82, 2.24) is 9.36 Å². The number of hydrogen-bond donors (Lipinski definition) is 1. The first-order valence-corrected chi connectivity index (χ1v) is 8.06. The van der Waals surface area contributed by atoms with Crippen LogP contribution in [0.25, 0.3) is 0 Å². The maximum absolute atomic E-state index is 4.56. The van der Waals surface area contributed by atoms with Crippen LogP contribution in [0.15, 0.2) is 0 Å². The van der Waals surface area contributed by atoms with Crippen molar-refractivity contribution in [2.75, 3.05) is 5.32 Å². The van der Waals surface area contributed by atoms with E-state index in [-0.39, 0.29) is 0 Å². The Kier molecular flexibility index (Phi) is 4.98. The second-order valence-electron chi connectivity index (χ2n) is 5.76. The Morgan fingerprint density at radius 1 is 1.28 bits per heavy atom. The highest BCUT2D eigenvalue weighted by Crippen LogP contribution is 2.30. The van der Waals surface area contributed by atoms with E-state index in [9.17, 15) is 0 Å². The molecule has 1 heterocycles. The summed E-state index contributed by atoms with van der Waals surface area (Å²) >= 11 is 1.51. The molecule has 1 fully saturated rings. The topological polar surface area (TPSA) is 37.8 Å². The fraction of sp³-hybridized carbons (Fsp3) is 0.857. The molecule has 1 N–H and O–H groups in total. The highest BCUT2D eigenvalue weighted by molar-refractivity contribution is 7.09. The van der Waals surface area contributed by atoms with E-state index < -0.39 is 0 Å². The molecular formula is C14H25N3S. The third-order valence-electron chi connectivity index (χ3n) is 3.83. The van der Waals surface area contributed by atoms with Crippen molar-refractivity contribution in [3.63, 3.8) is 0 Å². The zero-order valence-electron chi connectivity index (χ0n) is 11.8. The number of nitrogens with zero attached hydrogens (tertiary/aromatic N) is 2. The molecule has 1 saturated carbocycles. The van der Waals surface area contributed by atoms with E-state index in [1.807, 2.05) is 0 Å². The van der Waals surface area contributed by atoms with Crippen LogP contribution < -0.4 is 5.32 Å². The van der Waals surface area contributed by atoms with E-state index >= 15 is 0 Å².